The number of imidazole rings is 1. The average Bonchev–Trinajstić information content (AvgIpc) is 2.45. The summed E-state index contributed by atoms with van der Waals surface area (Å²) in [5.74, 6) is 1.19. The second kappa shape index (κ2) is 3.28. The van der Waals surface area contributed by atoms with Gasteiger partial charge in [-0.25, -0.2) is 0 Å². The maximum absolute atomic E-state index is 5.21. The van der Waals surface area contributed by atoms with Gasteiger partial charge in [-0.1, -0.05) is 0 Å². The quantitative estimate of drug-likeness (QED) is 0.701. The van der Waals surface area contributed by atoms with Crippen molar-refractivity contribution in [3.05, 3.63) is 6.33 Å². The first-order chi connectivity index (χ1) is 6.00. The van der Waals surface area contributed by atoms with Crippen LogP contribution < -0.4 is 9.47 Å². The van der Waals surface area contributed by atoms with E-state index in [9.17, 15) is 0 Å². The van der Waals surface area contributed by atoms with Crippen LogP contribution in [0.15, 0.2) is 6.33 Å². The van der Waals surface area contributed by atoms with Crippen LogP contribution in [-0.4, -0.2) is 23.8 Å². The lowest BCUT2D eigenvalue weighted by Crippen LogP contribution is -2.21. The molecule has 0 fully saturated rings. The van der Waals surface area contributed by atoms with Gasteiger partial charge in [-0.3, -0.25) is 4.57 Å². The van der Waals surface area contributed by atoms with Crippen molar-refractivity contribution in [3.63, 3.8) is 0 Å². The molecule has 13 heavy (non-hydrogen) atoms. The molecule has 0 aliphatic heterocycles. The zero-order valence-corrected chi connectivity index (χ0v) is 8.79. The predicted octanol–water partition coefficient (Wildman–Crippen LogP) is 1.66. The van der Waals surface area contributed by atoms with E-state index in [4.69, 9.17) is 9.47 Å². The zero-order valence-electron chi connectivity index (χ0n) is 8.79. The van der Waals surface area contributed by atoms with Crippen LogP contribution >= 0.6 is 0 Å². The monoisotopic (exact) mass is 184 g/mol. The van der Waals surface area contributed by atoms with E-state index in [0.29, 0.717) is 11.8 Å². The van der Waals surface area contributed by atoms with Gasteiger partial charge in [-0.2, -0.15) is 4.98 Å². The lowest BCUT2D eigenvalue weighted by Gasteiger charge is -2.22. The molecule has 0 unspecified atom stereocenters. The number of nitrogens with zero attached hydrogens (tertiary/aromatic N) is 2. The fraction of sp³-hybridized carbons (Fsp3) is 0.667. The highest BCUT2D eigenvalue weighted by Crippen LogP contribution is 2.30. The Balaban J connectivity index is 3.16. The number of hydrogen-bond acceptors (Lipinski definition) is 3. The normalized spacial score (nSPS) is 11.5. The minimum Gasteiger partial charge on any atom is -0.478 e. The van der Waals surface area contributed by atoms with Crippen molar-refractivity contribution in [1.82, 2.24) is 9.55 Å². The molecule has 0 spiro atoms. The molecule has 1 rings (SSSR count). The standard InChI is InChI=1S/C9H16N2O2/c1-9(2,3)11-6-10-7(12-4)8(11)13-5/h6H,1-5H3. The fourth-order valence-corrected chi connectivity index (χ4v) is 1.12. The van der Waals surface area contributed by atoms with E-state index < -0.39 is 0 Å². The number of methoxy groups -OCH3 is 2. The Labute approximate surface area is 78.5 Å². The summed E-state index contributed by atoms with van der Waals surface area (Å²) < 4.78 is 12.2. The van der Waals surface area contributed by atoms with Crippen molar-refractivity contribution in [1.29, 1.82) is 0 Å². The molecule has 1 aromatic heterocycles. The van der Waals surface area contributed by atoms with E-state index in [1.807, 2.05) is 4.57 Å². The summed E-state index contributed by atoms with van der Waals surface area (Å²) in [6, 6.07) is 0. The van der Waals surface area contributed by atoms with Crippen LogP contribution in [0.3, 0.4) is 0 Å². The number of ether oxygens (including phenoxy) is 2. The van der Waals surface area contributed by atoms with Gasteiger partial charge in [0.05, 0.1) is 14.2 Å². The number of rotatable bonds is 2. The van der Waals surface area contributed by atoms with Crippen LogP contribution in [-0.2, 0) is 5.54 Å². The zero-order chi connectivity index (χ0) is 10.1. The highest BCUT2D eigenvalue weighted by molar-refractivity contribution is 5.27. The molecule has 0 atom stereocenters. The van der Waals surface area contributed by atoms with Crippen LogP contribution in [0.5, 0.6) is 11.8 Å². The van der Waals surface area contributed by atoms with Crippen LogP contribution in [0.1, 0.15) is 20.8 Å². The Bertz CT molecular complexity index is 286. The van der Waals surface area contributed by atoms with Gasteiger partial charge in [0.25, 0.3) is 11.8 Å². The molecule has 4 nitrogen and oxygen atoms in total. The Morgan fingerprint density at radius 3 is 2.23 bits per heavy atom. The summed E-state index contributed by atoms with van der Waals surface area (Å²) >= 11 is 0. The molecule has 0 amide bonds. The van der Waals surface area contributed by atoms with E-state index in [0.717, 1.165) is 0 Å². The van der Waals surface area contributed by atoms with Crippen molar-refractivity contribution < 1.29 is 9.47 Å². The molecule has 0 bridgehead atoms. The molecule has 1 aromatic rings. The van der Waals surface area contributed by atoms with Gasteiger partial charge in [0.2, 0.25) is 0 Å². The molecule has 1 heterocycles. The molecule has 0 radical (unpaired) electrons. The molecule has 74 valence electrons. The summed E-state index contributed by atoms with van der Waals surface area (Å²) in [4.78, 5) is 4.09. The van der Waals surface area contributed by atoms with Crippen LogP contribution in [0.2, 0.25) is 0 Å². The van der Waals surface area contributed by atoms with Gasteiger partial charge in [0.1, 0.15) is 6.33 Å². The third kappa shape index (κ3) is 1.76. The Morgan fingerprint density at radius 2 is 1.85 bits per heavy atom. The van der Waals surface area contributed by atoms with E-state index in [2.05, 4.69) is 25.8 Å². The first-order valence-corrected chi connectivity index (χ1v) is 4.16. The third-order valence-corrected chi connectivity index (χ3v) is 1.80. The first-order valence-electron chi connectivity index (χ1n) is 4.16. The highest BCUT2D eigenvalue weighted by Gasteiger charge is 2.21. The van der Waals surface area contributed by atoms with Crippen LogP contribution in [0.25, 0.3) is 0 Å². The van der Waals surface area contributed by atoms with E-state index in [1.165, 1.54) is 0 Å². The van der Waals surface area contributed by atoms with Crippen molar-refractivity contribution in [2.24, 2.45) is 0 Å². The smallest absolute Gasteiger partial charge is 0.277 e. The second-order valence-corrected chi connectivity index (χ2v) is 3.80. The molecule has 4 heteroatoms. The molecule has 0 saturated heterocycles. The number of aromatic nitrogens is 2. The van der Waals surface area contributed by atoms with Crippen LogP contribution in [0, 0.1) is 0 Å². The summed E-state index contributed by atoms with van der Waals surface area (Å²) in [5, 5.41) is 0. The summed E-state index contributed by atoms with van der Waals surface area (Å²) in [6.45, 7) is 6.24. The highest BCUT2D eigenvalue weighted by atomic mass is 16.5. The Morgan fingerprint density at radius 1 is 1.23 bits per heavy atom. The first kappa shape index (κ1) is 9.89. The predicted molar refractivity (Wildman–Crippen MR) is 50.3 cm³/mol. The van der Waals surface area contributed by atoms with Gasteiger partial charge < -0.3 is 9.47 Å². The minimum absolute atomic E-state index is 0.0465. The van der Waals surface area contributed by atoms with Gasteiger partial charge in [-0.05, 0) is 20.8 Å². The van der Waals surface area contributed by atoms with Gasteiger partial charge >= 0.3 is 0 Å². The topological polar surface area (TPSA) is 36.3 Å². The molecule has 0 N–H and O–H groups in total. The molecule has 0 aliphatic carbocycles. The van der Waals surface area contributed by atoms with E-state index in [1.54, 1.807) is 20.5 Å². The number of hydrogen-bond donors (Lipinski definition) is 0. The largest absolute Gasteiger partial charge is 0.478 e. The lowest BCUT2D eigenvalue weighted by atomic mass is 10.1. The molecule has 0 saturated carbocycles. The average molecular weight is 184 g/mol. The minimum atomic E-state index is -0.0465. The molecule has 0 aliphatic rings. The van der Waals surface area contributed by atoms with Crippen molar-refractivity contribution >= 4 is 0 Å². The Kier molecular flexibility index (Phi) is 2.50. The molecule has 0 aromatic carbocycles. The van der Waals surface area contributed by atoms with Gasteiger partial charge in [0, 0.05) is 5.54 Å². The summed E-state index contributed by atoms with van der Waals surface area (Å²) in [7, 11) is 3.19. The second-order valence-electron chi connectivity index (χ2n) is 3.80. The fourth-order valence-electron chi connectivity index (χ4n) is 1.12. The summed E-state index contributed by atoms with van der Waals surface area (Å²) in [5.41, 5.74) is -0.0465. The maximum atomic E-state index is 5.21. The van der Waals surface area contributed by atoms with E-state index in [-0.39, 0.29) is 5.54 Å². The van der Waals surface area contributed by atoms with Crippen molar-refractivity contribution in [2.45, 2.75) is 26.3 Å². The molecular formula is C9H16N2O2. The summed E-state index contributed by atoms with van der Waals surface area (Å²) in [6.07, 6.45) is 1.72. The van der Waals surface area contributed by atoms with Crippen LogP contribution in [0.4, 0.5) is 0 Å². The SMILES string of the molecule is COc1ncn(C(C)(C)C)c1OC. The lowest BCUT2D eigenvalue weighted by molar-refractivity contribution is 0.288. The molecular weight excluding hydrogens is 168 g/mol. The van der Waals surface area contributed by atoms with Crippen molar-refractivity contribution in [2.75, 3.05) is 14.2 Å². The maximum Gasteiger partial charge on any atom is 0.277 e. The van der Waals surface area contributed by atoms with E-state index >= 15 is 0 Å². The van der Waals surface area contributed by atoms with Crippen molar-refractivity contribution in [3.8, 4) is 11.8 Å². The van der Waals surface area contributed by atoms with Gasteiger partial charge in [0.15, 0.2) is 0 Å². The van der Waals surface area contributed by atoms with Gasteiger partial charge in [-0.15, -0.1) is 0 Å². The Hall–Kier alpha value is -1.19. The third-order valence-electron chi connectivity index (χ3n) is 1.80.